The number of rotatable bonds is 8. The number of nitrogens with one attached hydrogen (secondary N) is 3. The van der Waals surface area contributed by atoms with Gasteiger partial charge >= 0.3 is 0 Å². The topological polar surface area (TPSA) is 163 Å². The summed E-state index contributed by atoms with van der Waals surface area (Å²) in [4.78, 5) is 27.4. The van der Waals surface area contributed by atoms with E-state index in [9.17, 15) is 19.8 Å². The molecule has 1 aliphatic heterocycles. The van der Waals surface area contributed by atoms with Crippen molar-refractivity contribution in [2.45, 2.75) is 22.6 Å². The van der Waals surface area contributed by atoms with Crippen LogP contribution in [0, 0.1) is 0 Å². The molecule has 46 heavy (non-hydrogen) atoms. The van der Waals surface area contributed by atoms with Gasteiger partial charge in [0, 0.05) is 33.3 Å². The van der Waals surface area contributed by atoms with E-state index in [1.54, 1.807) is 60.7 Å². The average Bonchev–Trinajstić information content (AvgIpc) is 3.70. The minimum Gasteiger partial charge on any atom is -0.507 e. The van der Waals surface area contributed by atoms with Crippen LogP contribution in [0.1, 0.15) is 11.4 Å². The number of hydrogen-bond acceptors (Lipinski definition) is 10. The fraction of sp³-hybridized carbons (Fsp3) is 0.0588. The van der Waals surface area contributed by atoms with Crippen molar-refractivity contribution in [3.8, 4) is 34.1 Å². The molecule has 0 atom stereocenters. The van der Waals surface area contributed by atoms with Crippen molar-refractivity contribution >= 4 is 46.3 Å². The van der Waals surface area contributed by atoms with Gasteiger partial charge in [-0.3, -0.25) is 9.59 Å². The van der Waals surface area contributed by atoms with Crippen molar-refractivity contribution in [3.05, 3.63) is 108 Å². The van der Waals surface area contributed by atoms with E-state index in [0.717, 1.165) is 21.2 Å². The quantitative estimate of drug-likeness (QED) is 0.118. The Morgan fingerprint density at radius 1 is 0.652 bits per heavy atom. The highest BCUT2D eigenvalue weighted by atomic mass is 32.2. The van der Waals surface area contributed by atoms with Crippen LogP contribution in [0.15, 0.2) is 116 Å². The molecule has 5 N–H and O–H groups in total. The highest BCUT2D eigenvalue weighted by molar-refractivity contribution is 7.99. The lowest BCUT2D eigenvalue weighted by Crippen LogP contribution is -2.15. The predicted octanol–water partition coefficient (Wildman–Crippen LogP) is 6.98. The van der Waals surface area contributed by atoms with Crippen LogP contribution in [0.25, 0.3) is 22.6 Å². The molecular weight excluding hydrogens is 606 g/mol. The molecule has 0 saturated carbocycles. The summed E-state index contributed by atoms with van der Waals surface area (Å²) in [6, 6.07) is 27.9. The third-order valence-corrected chi connectivity index (χ3v) is 8.28. The number of para-hydroxylation sites is 2. The van der Waals surface area contributed by atoms with Crippen LogP contribution in [0.5, 0.6) is 11.5 Å². The summed E-state index contributed by atoms with van der Waals surface area (Å²) in [7, 11) is 0. The van der Waals surface area contributed by atoms with Crippen molar-refractivity contribution in [2.24, 2.45) is 0 Å². The molecule has 11 nitrogen and oxygen atoms in total. The number of phenolic OH excluding ortho intramolecular Hbond substituents is 2. The molecule has 4 aromatic carbocycles. The maximum Gasteiger partial charge on any atom is 0.230 e. The Morgan fingerprint density at radius 3 is 1.57 bits per heavy atom. The molecule has 2 aromatic heterocycles. The van der Waals surface area contributed by atoms with E-state index in [1.807, 2.05) is 36.4 Å². The van der Waals surface area contributed by atoms with Crippen LogP contribution in [0.3, 0.4) is 0 Å². The summed E-state index contributed by atoms with van der Waals surface area (Å²) in [5.74, 6) is 0.355. The Balaban J connectivity index is 0.975. The second kappa shape index (κ2) is 12.2. The highest BCUT2D eigenvalue weighted by Gasteiger charge is 2.19. The molecule has 0 radical (unpaired) electrons. The van der Waals surface area contributed by atoms with Gasteiger partial charge in [0.2, 0.25) is 11.8 Å². The molecule has 0 aliphatic carbocycles. The lowest BCUT2D eigenvalue weighted by atomic mass is 10.1. The van der Waals surface area contributed by atoms with Crippen LogP contribution in [0.4, 0.5) is 22.7 Å². The number of carbonyl (C=O) groups is 2. The number of fused-ring (bicyclic) bond motifs is 2. The summed E-state index contributed by atoms with van der Waals surface area (Å²) < 4.78 is 10.7. The third-order valence-electron chi connectivity index (χ3n) is 7.16. The first kappa shape index (κ1) is 28.7. The van der Waals surface area contributed by atoms with Gasteiger partial charge in [0.1, 0.15) is 11.5 Å². The smallest absolute Gasteiger partial charge is 0.230 e. The number of aromatic hydroxyl groups is 2. The SMILES string of the molecule is O=C(Cc1cc(-c2ccccc2O)on1)Nc1ccc2c(c1)Sc1cc(NC(=O)Cc3cc(-c4ccccc4O)on3)ccc1N2. The Hall–Kier alpha value is -6.01. The van der Waals surface area contributed by atoms with Crippen molar-refractivity contribution in [2.75, 3.05) is 16.0 Å². The molecule has 1 aliphatic rings. The fourth-order valence-corrected chi connectivity index (χ4v) is 6.05. The monoisotopic (exact) mass is 631 g/mol. The Kier molecular flexibility index (Phi) is 7.61. The molecule has 0 spiro atoms. The minimum atomic E-state index is -0.268. The van der Waals surface area contributed by atoms with E-state index in [4.69, 9.17) is 9.05 Å². The van der Waals surface area contributed by atoms with Gasteiger partial charge in [0.15, 0.2) is 11.5 Å². The third kappa shape index (κ3) is 6.14. The Bertz CT molecular complexity index is 1960. The zero-order valence-corrected chi connectivity index (χ0v) is 24.8. The highest BCUT2D eigenvalue weighted by Crippen LogP contribution is 2.46. The largest absolute Gasteiger partial charge is 0.507 e. The molecule has 0 bridgehead atoms. The molecule has 0 fully saturated rings. The number of amides is 2. The summed E-state index contributed by atoms with van der Waals surface area (Å²) in [5, 5.41) is 37.3. The van der Waals surface area contributed by atoms with Gasteiger partial charge in [0.05, 0.1) is 46.7 Å². The summed E-state index contributed by atoms with van der Waals surface area (Å²) in [6.07, 6.45) is -0.00825. The molecule has 12 heteroatoms. The standard InChI is InChI=1S/C34H25N5O6S/c40-27-7-3-1-5-23(27)29-13-21(38-44-29)17-33(42)35-19-9-11-25-31(15-19)46-32-16-20(10-12-26(32)37-25)36-34(43)18-22-14-30(45-39-22)24-6-2-4-8-28(24)41/h1-16,37,40-41H,17-18H2,(H,35,42)(H,36,43). The van der Waals surface area contributed by atoms with Crippen LogP contribution >= 0.6 is 11.8 Å². The minimum absolute atomic E-state index is 0.00412. The van der Waals surface area contributed by atoms with Crippen LogP contribution in [-0.4, -0.2) is 32.3 Å². The van der Waals surface area contributed by atoms with Crippen molar-refractivity contribution < 1.29 is 28.8 Å². The second-order valence-electron chi connectivity index (χ2n) is 10.5. The molecule has 228 valence electrons. The first-order valence-corrected chi connectivity index (χ1v) is 15.0. The number of hydrogen-bond donors (Lipinski definition) is 5. The summed E-state index contributed by atoms with van der Waals surface area (Å²) in [5.41, 5.74) is 4.89. The van der Waals surface area contributed by atoms with Crippen LogP contribution in [-0.2, 0) is 22.4 Å². The second-order valence-corrected chi connectivity index (χ2v) is 11.6. The number of phenols is 2. The van der Waals surface area contributed by atoms with Gasteiger partial charge in [-0.1, -0.05) is 46.3 Å². The molecule has 2 amide bonds. The van der Waals surface area contributed by atoms with E-state index in [-0.39, 0.29) is 36.2 Å². The molecular formula is C34H25N5O6S. The molecule has 0 unspecified atom stereocenters. The summed E-state index contributed by atoms with van der Waals surface area (Å²) >= 11 is 1.51. The number of benzene rings is 4. The maximum absolute atomic E-state index is 12.8. The van der Waals surface area contributed by atoms with E-state index in [1.165, 1.54) is 11.8 Å². The van der Waals surface area contributed by atoms with Gasteiger partial charge in [-0.2, -0.15) is 0 Å². The zero-order valence-electron chi connectivity index (χ0n) is 24.0. The first-order valence-electron chi connectivity index (χ1n) is 14.2. The fourth-order valence-electron chi connectivity index (χ4n) is 4.99. The lowest BCUT2D eigenvalue weighted by molar-refractivity contribution is -0.116. The van der Waals surface area contributed by atoms with Crippen molar-refractivity contribution in [3.63, 3.8) is 0 Å². The van der Waals surface area contributed by atoms with Gasteiger partial charge in [-0.05, 0) is 60.7 Å². The average molecular weight is 632 g/mol. The Labute approximate surface area is 266 Å². The van der Waals surface area contributed by atoms with Gasteiger partial charge in [0.25, 0.3) is 0 Å². The van der Waals surface area contributed by atoms with Crippen molar-refractivity contribution in [1.29, 1.82) is 0 Å². The van der Waals surface area contributed by atoms with Crippen molar-refractivity contribution in [1.82, 2.24) is 10.3 Å². The van der Waals surface area contributed by atoms with Crippen LogP contribution in [0.2, 0.25) is 0 Å². The predicted molar refractivity (Wildman–Crippen MR) is 172 cm³/mol. The maximum atomic E-state index is 12.8. The normalized spacial score (nSPS) is 11.7. The lowest BCUT2D eigenvalue weighted by Gasteiger charge is -2.22. The van der Waals surface area contributed by atoms with Gasteiger partial charge < -0.3 is 35.2 Å². The molecule has 6 aromatic rings. The van der Waals surface area contributed by atoms with E-state index >= 15 is 0 Å². The Morgan fingerprint density at radius 2 is 1.11 bits per heavy atom. The zero-order chi connectivity index (χ0) is 31.6. The molecule has 3 heterocycles. The first-order chi connectivity index (χ1) is 22.4. The number of anilines is 4. The summed E-state index contributed by atoms with van der Waals surface area (Å²) in [6.45, 7) is 0. The van der Waals surface area contributed by atoms with Gasteiger partial charge in [-0.15, -0.1) is 0 Å². The van der Waals surface area contributed by atoms with Gasteiger partial charge in [-0.25, -0.2) is 0 Å². The molecule has 7 rings (SSSR count). The van der Waals surface area contributed by atoms with Crippen LogP contribution < -0.4 is 16.0 Å². The number of nitrogens with zero attached hydrogens (tertiary/aromatic N) is 2. The van der Waals surface area contributed by atoms with E-state index in [0.29, 0.717) is 45.4 Å². The van der Waals surface area contributed by atoms with E-state index < -0.39 is 0 Å². The molecule has 0 saturated heterocycles. The number of aromatic nitrogens is 2. The number of carbonyl (C=O) groups excluding carboxylic acids is 2. The van der Waals surface area contributed by atoms with E-state index in [2.05, 4.69) is 26.3 Å².